The number of hydrogen-bond donors (Lipinski definition) is 2. The highest BCUT2D eigenvalue weighted by atomic mass is 32.2. The van der Waals surface area contributed by atoms with Gasteiger partial charge in [0.15, 0.2) is 0 Å². The summed E-state index contributed by atoms with van der Waals surface area (Å²) in [4.78, 5) is 12.1. The fraction of sp³-hybridized carbons (Fsp3) is 0.480. The van der Waals surface area contributed by atoms with Gasteiger partial charge in [-0.25, -0.2) is 13.1 Å². The van der Waals surface area contributed by atoms with E-state index in [-0.39, 0.29) is 23.1 Å². The molecule has 0 aromatic heterocycles. The van der Waals surface area contributed by atoms with E-state index >= 15 is 0 Å². The average molecular weight is 461 g/mol. The Balaban J connectivity index is 1.68. The third-order valence-corrected chi connectivity index (χ3v) is 6.37. The maximum absolute atomic E-state index is 12.1. The lowest BCUT2D eigenvalue weighted by atomic mass is 9.87. The van der Waals surface area contributed by atoms with Crippen LogP contribution in [0.15, 0.2) is 48.5 Å². The van der Waals surface area contributed by atoms with E-state index in [9.17, 15) is 13.2 Å². The molecule has 0 aliphatic rings. The second kappa shape index (κ2) is 11.5. The Morgan fingerprint density at radius 2 is 1.56 bits per heavy atom. The van der Waals surface area contributed by atoms with Crippen LogP contribution in [0.2, 0.25) is 0 Å². The molecular weight excluding hydrogens is 424 g/mol. The van der Waals surface area contributed by atoms with Gasteiger partial charge < -0.3 is 10.1 Å². The van der Waals surface area contributed by atoms with Crippen molar-refractivity contribution >= 4 is 15.9 Å². The largest absolute Gasteiger partial charge is 0.494 e. The molecule has 0 spiro atoms. The van der Waals surface area contributed by atoms with Crippen molar-refractivity contribution in [3.8, 4) is 5.75 Å². The molecule has 0 saturated heterocycles. The Morgan fingerprint density at radius 3 is 2.12 bits per heavy atom. The second-order valence-corrected chi connectivity index (χ2v) is 11.1. The smallest absolute Gasteiger partial charge is 0.220 e. The summed E-state index contributed by atoms with van der Waals surface area (Å²) in [6.07, 6.45) is 1.02. The molecule has 0 fully saturated rings. The number of carbonyl (C=O) groups is 1. The topological polar surface area (TPSA) is 84.5 Å². The summed E-state index contributed by atoms with van der Waals surface area (Å²) >= 11 is 0. The van der Waals surface area contributed by atoms with Crippen molar-refractivity contribution in [3.63, 3.8) is 0 Å². The molecule has 6 nitrogen and oxygen atoms in total. The average Bonchev–Trinajstić information content (AvgIpc) is 2.69. The van der Waals surface area contributed by atoms with Crippen LogP contribution >= 0.6 is 0 Å². The van der Waals surface area contributed by atoms with Crippen molar-refractivity contribution in [2.75, 3.05) is 6.61 Å². The molecule has 0 aliphatic carbocycles. The highest BCUT2D eigenvalue weighted by Crippen LogP contribution is 2.24. The van der Waals surface area contributed by atoms with Gasteiger partial charge in [-0.05, 0) is 54.5 Å². The zero-order valence-electron chi connectivity index (χ0n) is 19.8. The summed E-state index contributed by atoms with van der Waals surface area (Å²) in [5.74, 6) is 0.713. The minimum atomic E-state index is -3.35. The molecule has 2 rings (SSSR count). The summed E-state index contributed by atoms with van der Waals surface area (Å²) in [7, 11) is -3.35. The first-order valence-electron chi connectivity index (χ1n) is 11.0. The van der Waals surface area contributed by atoms with Crippen LogP contribution in [0.5, 0.6) is 5.75 Å². The summed E-state index contributed by atoms with van der Waals surface area (Å²) in [6, 6.07) is 15.2. The molecule has 0 bridgehead atoms. The molecule has 7 heteroatoms. The standard InChI is InChI=1S/C25H36N2O4S/c1-19(2)27-32(29,30)18-21-10-8-20(9-11-21)17-26-24(28)7-6-16-31-23-14-12-22(13-15-23)25(3,4)5/h8-15,19,27H,6-7,16-18H2,1-5H3,(H,26,28). The van der Waals surface area contributed by atoms with E-state index in [2.05, 4.69) is 42.9 Å². The van der Waals surface area contributed by atoms with Crippen LogP contribution in [0.1, 0.15) is 64.2 Å². The Bertz CT molecular complexity index is 960. The highest BCUT2D eigenvalue weighted by molar-refractivity contribution is 7.88. The SMILES string of the molecule is CC(C)NS(=O)(=O)Cc1ccc(CNC(=O)CCCOc2ccc(C(C)(C)C)cc2)cc1. The van der Waals surface area contributed by atoms with E-state index in [0.717, 1.165) is 11.3 Å². The van der Waals surface area contributed by atoms with Crippen LogP contribution in [0, 0.1) is 0 Å². The number of sulfonamides is 1. The van der Waals surface area contributed by atoms with Crippen LogP contribution in [0.4, 0.5) is 0 Å². The second-order valence-electron chi connectivity index (χ2n) is 9.35. The zero-order chi connectivity index (χ0) is 23.8. The lowest BCUT2D eigenvalue weighted by molar-refractivity contribution is -0.121. The fourth-order valence-corrected chi connectivity index (χ4v) is 4.57. The van der Waals surface area contributed by atoms with Gasteiger partial charge >= 0.3 is 0 Å². The van der Waals surface area contributed by atoms with Gasteiger partial charge in [-0.15, -0.1) is 0 Å². The van der Waals surface area contributed by atoms with Crippen LogP contribution in [0.3, 0.4) is 0 Å². The number of amides is 1. The minimum absolute atomic E-state index is 0.0375. The van der Waals surface area contributed by atoms with Crippen molar-refractivity contribution < 1.29 is 17.9 Å². The molecular formula is C25H36N2O4S. The van der Waals surface area contributed by atoms with E-state index < -0.39 is 10.0 Å². The molecule has 0 unspecified atom stereocenters. The number of benzene rings is 2. The van der Waals surface area contributed by atoms with Crippen molar-refractivity contribution in [2.24, 2.45) is 0 Å². The highest BCUT2D eigenvalue weighted by Gasteiger charge is 2.14. The van der Waals surface area contributed by atoms with E-state index in [1.54, 1.807) is 26.0 Å². The van der Waals surface area contributed by atoms with E-state index in [0.29, 0.717) is 31.6 Å². The van der Waals surface area contributed by atoms with Crippen LogP contribution in [-0.4, -0.2) is 27.0 Å². The molecule has 0 saturated carbocycles. The molecule has 2 aromatic rings. The molecule has 0 radical (unpaired) electrons. The van der Waals surface area contributed by atoms with Crippen LogP contribution in [-0.2, 0) is 32.5 Å². The third kappa shape index (κ3) is 9.40. The van der Waals surface area contributed by atoms with Crippen molar-refractivity contribution in [2.45, 2.75) is 71.2 Å². The summed E-state index contributed by atoms with van der Waals surface area (Å²) in [5, 5.41) is 2.89. The van der Waals surface area contributed by atoms with Gasteiger partial charge in [-0.3, -0.25) is 4.79 Å². The van der Waals surface area contributed by atoms with E-state index in [1.165, 1.54) is 5.56 Å². The Kier molecular flexibility index (Phi) is 9.28. The molecule has 0 aliphatic heterocycles. The van der Waals surface area contributed by atoms with Crippen molar-refractivity contribution in [3.05, 3.63) is 65.2 Å². The van der Waals surface area contributed by atoms with Crippen molar-refractivity contribution in [1.29, 1.82) is 0 Å². The van der Waals surface area contributed by atoms with Gasteiger partial charge in [0.2, 0.25) is 15.9 Å². The van der Waals surface area contributed by atoms with Gasteiger partial charge in [0.25, 0.3) is 0 Å². The quantitative estimate of drug-likeness (QED) is 0.490. The molecule has 32 heavy (non-hydrogen) atoms. The predicted molar refractivity (Wildman–Crippen MR) is 129 cm³/mol. The van der Waals surface area contributed by atoms with Gasteiger partial charge in [0, 0.05) is 19.0 Å². The Labute approximate surface area is 192 Å². The minimum Gasteiger partial charge on any atom is -0.494 e. The van der Waals surface area contributed by atoms with E-state index in [4.69, 9.17) is 4.74 Å². The van der Waals surface area contributed by atoms with Gasteiger partial charge in [0.1, 0.15) is 5.75 Å². The third-order valence-electron chi connectivity index (χ3n) is 4.82. The molecule has 0 atom stereocenters. The predicted octanol–water partition coefficient (Wildman–Crippen LogP) is 4.29. The molecule has 2 aromatic carbocycles. The fourth-order valence-electron chi connectivity index (χ4n) is 3.14. The zero-order valence-corrected chi connectivity index (χ0v) is 20.6. The molecule has 1 amide bonds. The van der Waals surface area contributed by atoms with Gasteiger partial charge in [0.05, 0.1) is 12.4 Å². The van der Waals surface area contributed by atoms with Crippen LogP contribution < -0.4 is 14.8 Å². The number of rotatable bonds is 11. The maximum Gasteiger partial charge on any atom is 0.220 e. The number of ether oxygens (including phenoxy) is 1. The number of nitrogens with one attached hydrogen (secondary N) is 2. The summed E-state index contributed by atoms with van der Waals surface area (Å²) in [6.45, 7) is 11.0. The number of hydrogen-bond acceptors (Lipinski definition) is 4. The van der Waals surface area contributed by atoms with Crippen molar-refractivity contribution in [1.82, 2.24) is 10.0 Å². The summed E-state index contributed by atoms with van der Waals surface area (Å²) in [5.41, 5.74) is 3.00. The normalized spacial score (nSPS) is 12.1. The Hall–Kier alpha value is -2.38. The summed E-state index contributed by atoms with van der Waals surface area (Å²) < 4.78 is 32.3. The lowest BCUT2D eigenvalue weighted by Crippen LogP contribution is -2.31. The lowest BCUT2D eigenvalue weighted by Gasteiger charge is -2.19. The molecule has 0 heterocycles. The molecule has 176 valence electrons. The first-order chi connectivity index (χ1) is 14.9. The van der Waals surface area contributed by atoms with Gasteiger partial charge in [-0.2, -0.15) is 0 Å². The Morgan fingerprint density at radius 1 is 0.969 bits per heavy atom. The monoisotopic (exact) mass is 460 g/mol. The van der Waals surface area contributed by atoms with Crippen LogP contribution in [0.25, 0.3) is 0 Å². The van der Waals surface area contributed by atoms with E-state index in [1.807, 2.05) is 24.3 Å². The number of carbonyl (C=O) groups excluding carboxylic acids is 1. The van der Waals surface area contributed by atoms with Gasteiger partial charge in [-0.1, -0.05) is 57.2 Å². The first kappa shape index (κ1) is 25.9. The first-order valence-corrected chi connectivity index (χ1v) is 12.7. The molecule has 2 N–H and O–H groups in total. The maximum atomic E-state index is 12.1.